The minimum absolute atomic E-state index is 0.534. The van der Waals surface area contributed by atoms with Crippen molar-refractivity contribution in [2.75, 3.05) is 6.54 Å². The largest absolute Gasteiger partial charge is 0.330 e. The van der Waals surface area contributed by atoms with Gasteiger partial charge in [-0.05, 0) is 29.0 Å². The van der Waals surface area contributed by atoms with Crippen molar-refractivity contribution in [3.8, 4) is 0 Å². The van der Waals surface area contributed by atoms with Gasteiger partial charge in [0.15, 0.2) is 5.82 Å². The summed E-state index contributed by atoms with van der Waals surface area (Å²) in [6.07, 6.45) is 1.02. The number of nitrogens with two attached hydrogens (primary N) is 1. The summed E-state index contributed by atoms with van der Waals surface area (Å²) in [7, 11) is 0. The molecule has 0 aliphatic rings. The van der Waals surface area contributed by atoms with E-state index >= 15 is 0 Å². The van der Waals surface area contributed by atoms with Crippen LogP contribution in [0.5, 0.6) is 0 Å². The first-order valence-corrected chi connectivity index (χ1v) is 7.45. The predicted molar refractivity (Wildman–Crippen MR) is 77.8 cm³/mol. The molecule has 1 aromatic heterocycles. The molecule has 102 valence electrons. The van der Waals surface area contributed by atoms with Gasteiger partial charge in [-0.15, -0.1) is 5.10 Å². The quantitative estimate of drug-likeness (QED) is 0.834. The maximum Gasteiger partial charge on any atom is 0.161 e. The number of tetrazole rings is 1. The zero-order valence-electron chi connectivity index (χ0n) is 11.1. The van der Waals surface area contributed by atoms with Gasteiger partial charge < -0.3 is 5.73 Å². The lowest BCUT2D eigenvalue weighted by Crippen LogP contribution is -2.10. The first-order chi connectivity index (χ1) is 9.29. The second kappa shape index (κ2) is 7.25. The topological polar surface area (TPSA) is 69.6 Å². The Balaban J connectivity index is 1.94. The van der Waals surface area contributed by atoms with E-state index < -0.39 is 0 Å². The van der Waals surface area contributed by atoms with Crippen LogP contribution in [-0.4, -0.2) is 32.0 Å². The zero-order valence-corrected chi connectivity index (χ0v) is 11.9. The molecule has 0 aliphatic carbocycles. The molecule has 0 saturated heterocycles. The molecule has 2 rings (SSSR count). The predicted octanol–water partition coefficient (Wildman–Crippen LogP) is 1.69. The Bertz CT molecular complexity index is 485. The number of hydrogen-bond acceptors (Lipinski definition) is 5. The molecular weight excluding hydrogens is 258 g/mol. The molecule has 0 fully saturated rings. The van der Waals surface area contributed by atoms with Gasteiger partial charge >= 0.3 is 0 Å². The van der Waals surface area contributed by atoms with Crippen LogP contribution >= 0.6 is 11.8 Å². The van der Waals surface area contributed by atoms with E-state index in [2.05, 4.69) is 34.6 Å². The van der Waals surface area contributed by atoms with Gasteiger partial charge in [-0.2, -0.15) is 11.8 Å². The summed E-state index contributed by atoms with van der Waals surface area (Å²) in [6, 6.07) is 10.2. The van der Waals surface area contributed by atoms with E-state index in [1.165, 1.54) is 5.56 Å². The number of hydrogen-bond donors (Lipinski definition) is 1. The fraction of sp³-hybridized carbons (Fsp3) is 0.462. The third kappa shape index (κ3) is 4.33. The van der Waals surface area contributed by atoms with Crippen molar-refractivity contribution >= 4 is 11.8 Å². The van der Waals surface area contributed by atoms with Crippen molar-refractivity contribution < 1.29 is 0 Å². The van der Waals surface area contributed by atoms with Crippen molar-refractivity contribution in [1.29, 1.82) is 0 Å². The highest BCUT2D eigenvalue weighted by molar-refractivity contribution is 7.99. The van der Waals surface area contributed by atoms with E-state index in [9.17, 15) is 0 Å². The van der Waals surface area contributed by atoms with Crippen molar-refractivity contribution in [3.05, 3.63) is 41.7 Å². The number of nitrogens with zero attached hydrogens (tertiary/aromatic N) is 4. The molecule has 19 heavy (non-hydrogen) atoms. The highest BCUT2D eigenvalue weighted by atomic mass is 32.2. The number of thioether (sulfide) groups is 1. The van der Waals surface area contributed by atoms with Gasteiger partial charge in [-0.25, -0.2) is 4.68 Å². The van der Waals surface area contributed by atoms with Crippen molar-refractivity contribution in [3.63, 3.8) is 0 Å². The van der Waals surface area contributed by atoms with Crippen LogP contribution in [0.15, 0.2) is 30.3 Å². The summed E-state index contributed by atoms with van der Waals surface area (Å²) < 4.78 is 1.86. The zero-order chi connectivity index (χ0) is 13.5. The Hall–Kier alpha value is -1.40. The number of rotatable bonds is 7. The van der Waals surface area contributed by atoms with Crippen LogP contribution in [0.2, 0.25) is 0 Å². The molecule has 0 spiro atoms. The van der Waals surface area contributed by atoms with Gasteiger partial charge in [0.25, 0.3) is 0 Å². The lowest BCUT2D eigenvalue weighted by atomic mass is 10.2. The summed E-state index contributed by atoms with van der Waals surface area (Å²) in [5.41, 5.74) is 6.76. The van der Waals surface area contributed by atoms with Crippen LogP contribution in [0.4, 0.5) is 0 Å². The van der Waals surface area contributed by atoms with E-state index in [1.807, 2.05) is 34.6 Å². The van der Waals surface area contributed by atoms with Gasteiger partial charge in [0, 0.05) is 5.25 Å². The molecule has 0 aliphatic heterocycles. The van der Waals surface area contributed by atoms with Crippen LogP contribution < -0.4 is 5.73 Å². The molecule has 0 saturated carbocycles. The van der Waals surface area contributed by atoms with Crippen LogP contribution in [0, 0.1) is 0 Å². The summed E-state index contributed by atoms with van der Waals surface area (Å²) in [5.74, 6) is 1.73. The Morgan fingerprint density at radius 2 is 2.11 bits per heavy atom. The second-order valence-corrected chi connectivity index (χ2v) is 5.86. The van der Waals surface area contributed by atoms with E-state index in [-0.39, 0.29) is 0 Å². The summed E-state index contributed by atoms with van der Waals surface area (Å²) in [4.78, 5) is 0. The van der Waals surface area contributed by atoms with Crippen LogP contribution in [0.1, 0.15) is 24.7 Å². The fourth-order valence-corrected chi connectivity index (χ4v) is 2.68. The van der Waals surface area contributed by atoms with Crippen molar-refractivity contribution in [2.45, 2.75) is 30.9 Å². The Kier molecular flexibility index (Phi) is 5.35. The molecule has 0 radical (unpaired) electrons. The Labute approximate surface area is 117 Å². The maximum absolute atomic E-state index is 5.55. The van der Waals surface area contributed by atoms with Crippen molar-refractivity contribution in [2.24, 2.45) is 5.73 Å². The molecule has 0 bridgehead atoms. The molecule has 2 N–H and O–H groups in total. The van der Waals surface area contributed by atoms with Gasteiger partial charge in [0.1, 0.15) is 0 Å². The van der Waals surface area contributed by atoms with E-state index in [4.69, 9.17) is 5.73 Å². The third-order valence-electron chi connectivity index (χ3n) is 2.85. The molecule has 1 atom stereocenters. The molecule has 2 aromatic rings. The lowest BCUT2D eigenvalue weighted by molar-refractivity contribution is 0.631. The monoisotopic (exact) mass is 277 g/mol. The van der Waals surface area contributed by atoms with Gasteiger partial charge in [0.2, 0.25) is 0 Å². The number of aromatic nitrogens is 4. The Morgan fingerprint density at radius 3 is 2.84 bits per heavy atom. The highest BCUT2D eigenvalue weighted by Crippen LogP contribution is 2.18. The standard InChI is InChI=1S/C13H19N5S/c1-11(7-8-14)19-10-13-15-16-17-18(13)9-12-5-3-2-4-6-12/h2-6,11H,7-10,14H2,1H3. The second-order valence-electron chi connectivity index (χ2n) is 4.44. The Morgan fingerprint density at radius 1 is 1.32 bits per heavy atom. The molecule has 1 aromatic carbocycles. The molecule has 5 nitrogen and oxygen atoms in total. The summed E-state index contributed by atoms with van der Waals surface area (Å²) >= 11 is 1.84. The normalized spacial score (nSPS) is 12.5. The number of benzene rings is 1. The van der Waals surface area contributed by atoms with Crippen LogP contribution in [0.25, 0.3) is 0 Å². The van der Waals surface area contributed by atoms with E-state index in [0.717, 1.165) is 31.1 Å². The molecule has 1 unspecified atom stereocenters. The van der Waals surface area contributed by atoms with Crippen molar-refractivity contribution in [1.82, 2.24) is 20.2 Å². The molecule has 0 amide bonds. The first kappa shape index (κ1) is 14.0. The molecular formula is C13H19N5S. The summed E-state index contributed by atoms with van der Waals surface area (Å²) in [6.45, 7) is 3.63. The molecule has 1 heterocycles. The van der Waals surface area contributed by atoms with E-state index in [0.29, 0.717) is 5.25 Å². The first-order valence-electron chi connectivity index (χ1n) is 6.40. The lowest BCUT2D eigenvalue weighted by Gasteiger charge is -2.09. The third-order valence-corrected chi connectivity index (χ3v) is 4.08. The van der Waals surface area contributed by atoms with E-state index in [1.54, 1.807) is 0 Å². The maximum atomic E-state index is 5.55. The average Bonchev–Trinajstić information content (AvgIpc) is 2.85. The molecule has 6 heteroatoms. The SMILES string of the molecule is CC(CCN)SCc1nnnn1Cc1ccccc1. The average molecular weight is 277 g/mol. The smallest absolute Gasteiger partial charge is 0.161 e. The summed E-state index contributed by atoms with van der Waals surface area (Å²) in [5, 5.41) is 12.4. The van der Waals surface area contributed by atoms with Gasteiger partial charge in [-0.1, -0.05) is 37.3 Å². The van der Waals surface area contributed by atoms with Gasteiger partial charge in [-0.3, -0.25) is 0 Å². The van der Waals surface area contributed by atoms with Crippen LogP contribution in [-0.2, 0) is 12.3 Å². The fourth-order valence-electron chi connectivity index (χ4n) is 1.74. The minimum atomic E-state index is 0.534. The van der Waals surface area contributed by atoms with Crippen LogP contribution in [0.3, 0.4) is 0 Å². The minimum Gasteiger partial charge on any atom is -0.330 e. The highest BCUT2D eigenvalue weighted by Gasteiger charge is 2.09. The van der Waals surface area contributed by atoms with Gasteiger partial charge in [0.05, 0.1) is 12.3 Å².